The van der Waals surface area contributed by atoms with Crippen molar-refractivity contribution in [3.63, 3.8) is 0 Å². The molecule has 96 valence electrons. The fraction of sp³-hybridized carbons (Fsp3) is 0.429. The molecule has 1 aromatic carbocycles. The van der Waals surface area contributed by atoms with Crippen LogP contribution in [0.1, 0.15) is 29.5 Å². The molecule has 1 aliphatic carbocycles. The van der Waals surface area contributed by atoms with Crippen LogP contribution < -0.4 is 5.32 Å². The van der Waals surface area contributed by atoms with Crippen molar-refractivity contribution >= 4 is 11.9 Å². The Kier molecular flexibility index (Phi) is 3.97. The Balaban J connectivity index is 1.98. The number of hydrogen-bond acceptors (Lipinski definition) is 3. The Labute approximate surface area is 106 Å². The van der Waals surface area contributed by atoms with E-state index in [-0.39, 0.29) is 0 Å². The number of ether oxygens (including phenoxy) is 1. The molecule has 1 aliphatic rings. The van der Waals surface area contributed by atoms with Crippen LogP contribution >= 0.6 is 0 Å². The molecule has 0 spiro atoms. The highest BCUT2D eigenvalue weighted by Gasteiger charge is 2.13. The maximum absolute atomic E-state index is 11.3. The van der Waals surface area contributed by atoms with Crippen molar-refractivity contribution < 1.29 is 14.3 Å². The Morgan fingerprint density at radius 1 is 1.22 bits per heavy atom. The summed E-state index contributed by atoms with van der Waals surface area (Å²) in [4.78, 5) is 22.2. The Morgan fingerprint density at radius 2 is 1.94 bits per heavy atom. The number of rotatable bonds is 2. The fourth-order valence-corrected chi connectivity index (χ4v) is 2.24. The lowest BCUT2D eigenvalue weighted by atomic mass is 9.90. The quantitative estimate of drug-likeness (QED) is 0.634. The highest BCUT2D eigenvalue weighted by atomic mass is 16.5. The SMILES string of the molecule is COC(=O)C(=O)NCc1ccc2c(c1)CCCC2. The van der Waals surface area contributed by atoms with E-state index in [1.165, 1.54) is 31.1 Å². The first-order valence-corrected chi connectivity index (χ1v) is 6.17. The maximum atomic E-state index is 11.3. The number of benzene rings is 1. The second-order valence-electron chi connectivity index (χ2n) is 4.48. The average molecular weight is 247 g/mol. The summed E-state index contributed by atoms with van der Waals surface area (Å²) in [5.41, 5.74) is 3.79. The summed E-state index contributed by atoms with van der Waals surface area (Å²) in [7, 11) is 1.20. The minimum atomic E-state index is -0.854. The number of methoxy groups -OCH3 is 1. The molecule has 4 nitrogen and oxygen atoms in total. The van der Waals surface area contributed by atoms with Gasteiger partial charge in [-0.05, 0) is 42.4 Å². The third-order valence-electron chi connectivity index (χ3n) is 3.24. The molecule has 1 aromatic rings. The van der Waals surface area contributed by atoms with Gasteiger partial charge in [-0.3, -0.25) is 4.79 Å². The van der Waals surface area contributed by atoms with Crippen molar-refractivity contribution in [2.24, 2.45) is 0 Å². The smallest absolute Gasteiger partial charge is 0.396 e. The normalized spacial score (nSPS) is 13.6. The monoisotopic (exact) mass is 247 g/mol. The zero-order chi connectivity index (χ0) is 13.0. The zero-order valence-electron chi connectivity index (χ0n) is 10.5. The molecule has 0 saturated carbocycles. The standard InChI is InChI=1S/C14H17NO3/c1-18-14(17)13(16)15-9-10-6-7-11-4-2-3-5-12(11)8-10/h6-8H,2-5,9H2,1H3,(H,15,16). The fourth-order valence-electron chi connectivity index (χ4n) is 2.24. The molecule has 0 atom stereocenters. The van der Waals surface area contributed by atoms with Crippen LogP contribution in [0.2, 0.25) is 0 Å². The van der Waals surface area contributed by atoms with Crippen molar-refractivity contribution in [1.29, 1.82) is 0 Å². The Morgan fingerprint density at radius 3 is 2.67 bits per heavy atom. The second kappa shape index (κ2) is 5.67. The van der Waals surface area contributed by atoms with Gasteiger partial charge in [0.2, 0.25) is 0 Å². The summed E-state index contributed by atoms with van der Waals surface area (Å²) in [6, 6.07) is 6.24. The average Bonchev–Trinajstić information content (AvgIpc) is 2.43. The summed E-state index contributed by atoms with van der Waals surface area (Å²) in [6.45, 7) is 0.362. The van der Waals surface area contributed by atoms with Gasteiger partial charge in [-0.25, -0.2) is 4.79 Å². The topological polar surface area (TPSA) is 55.4 Å². The molecule has 0 saturated heterocycles. The number of carbonyl (C=O) groups excluding carboxylic acids is 2. The summed E-state index contributed by atoms with van der Waals surface area (Å²) in [5.74, 6) is -1.55. The van der Waals surface area contributed by atoms with Gasteiger partial charge in [0.1, 0.15) is 0 Å². The van der Waals surface area contributed by atoms with E-state index >= 15 is 0 Å². The van der Waals surface area contributed by atoms with Gasteiger partial charge in [0.05, 0.1) is 7.11 Å². The van der Waals surface area contributed by atoms with Crippen molar-refractivity contribution in [3.05, 3.63) is 34.9 Å². The molecule has 0 radical (unpaired) electrons. The summed E-state index contributed by atoms with van der Waals surface area (Å²) in [6.07, 6.45) is 4.73. The molecular weight excluding hydrogens is 230 g/mol. The molecule has 0 unspecified atom stereocenters. The van der Waals surface area contributed by atoms with Gasteiger partial charge < -0.3 is 10.1 Å². The second-order valence-corrected chi connectivity index (χ2v) is 4.48. The molecule has 0 bridgehead atoms. The van der Waals surface area contributed by atoms with Gasteiger partial charge >= 0.3 is 11.9 Å². The molecule has 1 amide bonds. The molecule has 0 aromatic heterocycles. The van der Waals surface area contributed by atoms with Crippen LogP contribution in [-0.2, 0) is 33.7 Å². The molecule has 0 heterocycles. The predicted octanol–water partition coefficient (Wildman–Crippen LogP) is 1.35. The molecule has 0 aliphatic heterocycles. The van der Waals surface area contributed by atoms with Crippen molar-refractivity contribution in [3.8, 4) is 0 Å². The van der Waals surface area contributed by atoms with Crippen LogP contribution in [0.3, 0.4) is 0 Å². The first-order chi connectivity index (χ1) is 8.70. The van der Waals surface area contributed by atoms with Crippen molar-refractivity contribution in [2.45, 2.75) is 32.2 Å². The van der Waals surface area contributed by atoms with Crippen LogP contribution in [0.25, 0.3) is 0 Å². The zero-order valence-corrected chi connectivity index (χ0v) is 10.5. The highest BCUT2D eigenvalue weighted by Crippen LogP contribution is 2.22. The summed E-state index contributed by atoms with van der Waals surface area (Å²) in [5, 5.41) is 2.54. The number of aryl methyl sites for hydroxylation is 2. The van der Waals surface area contributed by atoms with Gasteiger partial charge in [0.15, 0.2) is 0 Å². The van der Waals surface area contributed by atoms with E-state index in [0.717, 1.165) is 18.4 Å². The number of fused-ring (bicyclic) bond motifs is 1. The maximum Gasteiger partial charge on any atom is 0.396 e. The lowest BCUT2D eigenvalue weighted by Gasteiger charge is -2.16. The van der Waals surface area contributed by atoms with E-state index in [2.05, 4.69) is 22.2 Å². The van der Waals surface area contributed by atoms with Gasteiger partial charge in [-0.2, -0.15) is 0 Å². The molecule has 0 fully saturated rings. The third-order valence-corrected chi connectivity index (χ3v) is 3.24. The highest BCUT2D eigenvalue weighted by molar-refractivity contribution is 6.32. The van der Waals surface area contributed by atoms with Crippen molar-refractivity contribution in [1.82, 2.24) is 5.32 Å². The summed E-state index contributed by atoms with van der Waals surface area (Å²) >= 11 is 0. The molecular formula is C14H17NO3. The Bertz CT molecular complexity index is 468. The number of amides is 1. The van der Waals surface area contributed by atoms with E-state index in [4.69, 9.17) is 0 Å². The third kappa shape index (κ3) is 2.88. The summed E-state index contributed by atoms with van der Waals surface area (Å²) < 4.78 is 4.34. The molecule has 4 heteroatoms. The lowest BCUT2D eigenvalue weighted by molar-refractivity contribution is -0.152. The van der Waals surface area contributed by atoms with Crippen LogP contribution in [0.5, 0.6) is 0 Å². The number of hydrogen-bond donors (Lipinski definition) is 1. The van der Waals surface area contributed by atoms with Gasteiger partial charge in [-0.15, -0.1) is 0 Å². The van der Waals surface area contributed by atoms with E-state index < -0.39 is 11.9 Å². The predicted molar refractivity (Wildman–Crippen MR) is 66.9 cm³/mol. The van der Waals surface area contributed by atoms with Gasteiger partial charge in [0, 0.05) is 6.54 Å². The van der Waals surface area contributed by atoms with Crippen LogP contribution in [0, 0.1) is 0 Å². The van der Waals surface area contributed by atoms with E-state index in [0.29, 0.717) is 6.54 Å². The first kappa shape index (κ1) is 12.6. The number of esters is 1. The van der Waals surface area contributed by atoms with E-state index in [1.807, 2.05) is 6.07 Å². The molecule has 18 heavy (non-hydrogen) atoms. The largest absolute Gasteiger partial charge is 0.462 e. The number of nitrogens with one attached hydrogen (secondary N) is 1. The van der Waals surface area contributed by atoms with Crippen LogP contribution in [-0.4, -0.2) is 19.0 Å². The Hall–Kier alpha value is -1.84. The van der Waals surface area contributed by atoms with Crippen molar-refractivity contribution in [2.75, 3.05) is 7.11 Å². The molecule has 1 N–H and O–H groups in total. The minimum Gasteiger partial charge on any atom is -0.462 e. The first-order valence-electron chi connectivity index (χ1n) is 6.17. The van der Waals surface area contributed by atoms with Gasteiger partial charge in [-0.1, -0.05) is 18.2 Å². The van der Waals surface area contributed by atoms with E-state index in [1.54, 1.807) is 0 Å². The van der Waals surface area contributed by atoms with Gasteiger partial charge in [0.25, 0.3) is 0 Å². The van der Waals surface area contributed by atoms with Crippen LogP contribution in [0.15, 0.2) is 18.2 Å². The molecule has 2 rings (SSSR count). The van der Waals surface area contributed by atoms with E-state index in [9.17, 15) is 9.59 Å². The number of carbonyl (C=O) groups is 2. The van der Waals surface area contributed by atoms with Crippen LogP contribution in [0.4, 0.5) is 0 Å². The lowest BCUT2D eigenvalue weighted by Crippen LogP contribution is -2.31. The minimum absolute atomic E-state index is 0.362.